The lowest BCUT2D eigenvalue weighted by Crippen LogP contribution is -2.30. The summed E-state index contributed by atoms with van der Waals surface area (Å²) < 4.78 is 0. The lowest BCUT2D eigenvalue weighted by Gasteiger charge is -2.19. The van der Waals surface area contributed by atoms with E-state index in [2.05, 4.69) is 10.5 Å². The van der Waals surface area contributed by atoms with Gasteiger partial charge in [0.05, 0.1) is 11.4 Å². The first kappa shape index (κ1) is 10.4. The predicted molar refractivity (Wildman–Crippen MR) is 69.0 cm³/mol. The minimum Gasteiger partial charge on any atom is -0.274 e. The van der Waals surface area contributed by atoms with E-state index in [1.807, 2.05) is 37.4 Å². The fourth-order valence-corrected chi connectivity index (χ4v) is 2.52. The third kappa shape index (κ3) is 1.82. The molecule has 0 saturated carbocycles. The van der Waals surface area contributed by atoms with Gasteiger partial charge in [0.2, 0.25) is 5.91 Å². The van der Waals surface area contributed by atoms with Crippen LogP contribution < -0.4 is 5.43 Å². The van der Waals surface area contributed by atoms with Crippen LogP contribution >= 0.6 is 11.8 Å². The maximum Gasteiger partial charge on any atom is 0.243 e. The second kappa shape index (κ2) is 3.92. The maximum atomic E-state index is 11.6. The number of carbonyl (C=O) groups excluding carboxylic acids is 1. The highest BCUT2D eigenvalue weighted by atomic mass is 32.2. The fourth-order valence-electron chi connectivity index (χ4n) is 1.72. The SMILES string of the molecule is Cc1ccc(C2=CN3C(=O)CSC3=NN2)cc1. The Bertz CT molecular complexity index is 533. The molecule has 0 aliphatic carbocycles. The van der Waals surface area contributed by atoms with Crippen molar-refractivity contribution in [3.05, 3.63) is 41.6 Å². The van der Waals surface area contributed by atoms with Gasteiger partial charge < -0.3 is 0 Å². The lowest BCUT2D eigenvalue weighted by molar-refractivity contribution is -0.122. The summed E-state index contributed by atoms with van der Waals surface area (Å²) in [5, 5.41) is 4.92. The number of nitrogens with zero attached hydrogens (tertiary/aromatic N) is 2. The van der Waals surface area contributed by atoms with Crippen molar-refractivity contribution in [1.82, 2.24) is 10.3 Å². The summed E-state index contributed by atoms with van der Waals surface area (Å²) in [7, 11) is 0. The van der Waals surface area contributed by atoms with Gasteiger partial charge in [0.25, 0.3) is 0 Å². The van der Waals surface area contributed by atoms with E-state index in [0.29, 0.717) is 5.75 Å². The monoisotopic (exact) mass is 245 g/mol. The summed E-state index contributed by atoms with van der Waals surface area (Å²) in [6, 6.07) is 8.11. The van der Waals surface area contributed by atoms with E-state index < -0.39 is 0 Å². The minimum absolute atomic E-state index is 0.0832. The molecule has 0 spiro atoms. The number of nitrogens with one attached hydrogen (secondary N) is 1. The molecule has 3 rings (SSSR count). The number of amides is 1. The number of hydrogen-bond acceptors (Lipinski definition) is 4. The van der Waals surface area contributed by atoms with Gasteiger partial charge in [-0.2, -0.15) is 0 Å². The first-order valence-corrected chi connectivity index (χ1v) is 6.30. The molecule has 0 atom stereocenters. The Labute approximate surface area is 103 Å². The molecular weight excluding hydrogens is 234 g/mol. The molecular formula is C12H11N3OS. The molecule has 0 unspecified atom stereocenters. The van der Waals surface area contributed by atoms with Crippen LogP contribution in [0.15, 0.2) is 35.6 Å². The Balaban J connectivity index is 1.93. The van der Waals surface area contributed by atoms with Gasteiger partial charge in [0.1, 0.15) is 0 Å². The summed E-state index contributed by atoms with van der Waals surface area (Å²) in [4.78, 5) is 13.2. The highest BCUT2D eigenvalue weighted by molar-refractivity contribution is 8.15. The van der Waals surface area contributed by atoms with Crippen molar-refractivity contribution < 1.29 is 4.79 Å². The molecule has 1 saturated heterocycles. The molecule has 17 heavy (non-hydrogen) atoms. The van der Waals surface area contributed by atoms with E-state index in [0.717, 1.165) is 16.4 Å². The zero-order valence-corrected chi connectivity index (χ0v) is 10.1. The summed E-state index contributed by atoms with van der Waals surface area (Å²) >= 11 is 1.45. The van der Waals surface area contributed by atoms with Crippen LogP contribution in [0.3, 0.4) is 0 Å². The number of hydrogen-bond donors (Lipinski definition) is 1. The molecule has 86 valence electrons. The van der Waals surface area contributed by atoms with Gasteiger partial charge in [-0.15, -0.1) is 5.10 Å². The van der Waals surface area contributed by atoms with E-state index in [1.54, 1.807) is 4.90 Å². The van der Waals surface area contributed by atoms with Crippen molar-refractivity contribution in [2.24, 2.45) is 5.10 Å². The minimum atomic E-state index is 0.0832. The quantitative estimate of drug-likeness (QED) is 0.819. The van der Waals surface area contributed by atoms with Crippen molar-refractivity contribution in [2.75, 3.05) is 5.75 Å². The van der Waals surface area contributed by atoms with Crippen LogP contribution in [0.4, 0.5) is 0 Å². The zero-order valence-electron chi connectivity index (χ0n) is 9.30. The van der Waals surface area contributed by atoms with E-state index in [1.165, 1.54) is 17.3 Å². The van der Waals surface area contributed by atoms with Crippen molar-refractivity contribution in [3.63, 3.8) is 0 Å². The molecule has 0 radical (unpaired) electrons. The third-order valence-corrected chi connectivity index (χ3v) is 3.63. The van der Waals surface area contributed by atoms with Gasteiger partial charge >= 0.3 is 0 Å². The fraction of sp³-hybridized carbons (Fsp3) is 0.167. The maximum absolute atomic E-state index is 11.6. The molecule has 5 heteroatoms. The van der Waals surface area contributed by atoms with Crippen LogP contribution in [-0.2, 0) is 4.79 Å². The third-order valence-electron chi connectivity index (χ3n) is 2.69. The van der Waals surface area contributed by atoms with E-state index >= 15 is 0 Å². The standard InChI is InChI=1S/C12H11N3OS/c1-8-2-4-9(5-3-8)10-6-15-11(16)7-17-12(15)14-13-10/h2-6,13H,7H2,1H3. The number of hydrazone groups is 1. The van der Waals surface area contributed by atoms with Crippen LogP contribution in [-0.4, -0.2) is 21.7 Å². The molecule has 1 N–H and O–H groups in total. The number of carbonyl (C=O) groups is 1. The Morgan fingerprint density at radius 3 is 2.88 bits per heavy atom. The summed E-state index contributed by atoms with van der Waals surface area (Å²) in [6.07, 6.45) is 1.81. The first-order chi connectivity index (χ1) is 8.24. The average Bonchev–Trinajstić information content (AvgIpc) is 2.72. The number of benzene rings is 1. The Morgan fingerprint density at radius 2 is 2.12 bits per heavy atom. The van der Waals surface area contributed by atoms with Crippen molar-refractivity contribution in [1.29, 1.82) is 0 Å². The molecule has 2 aliphatic rings. The van der Waals surface area contributed by atoms with Crippen LogP contribution in [0, 0.1) is 6.92 Å². The number of aryl methyl sites for hydroxylation is 1. The van der Waals surface area contributed by atoms with Gasteiger partial charge in [-0.25, -0.2) is 0 Å². The van der Waals surface area contributed by atoms with Gasteiger partial charge in [0, 0.05) is 11.8 Å². The summed E-state index contributed by atoms with van der Waals surface area (Å²) in [6.45, 7) is 2.04. The van der Waals surface area contributed by atoms with E-state index in [-0.39, 0.29) is 5.91 Å². The van der Waals surface area contributed by atoms with Gasteiger partial charge in [0.15, 0.2) is 5.17 Å². The Kier molecular flexibility index (Phi) is 2.40. The number of fused-ring (bicyclic) bond motifs is 1. The Hall–Kier alpha value is -1.75. The first-order valence-electron chi connectivity index (χ1n) is 5.31. The smallest absolute Gasteiger partial charge is 0.243 e. The lowest BCUT2D eigenvalue weighted by atomic mass is 10.1. The molecule has 1 aromatic rings. The van der Waals surface area contributed by atoms with Crippen LogP contribution in [0.1, 0.15) is 11.1 Å². The van der Waals surface area contributed by atoms with Gasteiger partial charge in [-0.3, -0.25) is 15.1 Å². The van der Waals surface area contributed by atoms with Gasteiger partial charge in [-0.05, 0) is 6.92 Å². The van der Waals surface area contributed by atoms with Gasteiger partial charge in [-0.1, -0.05) is 41.6 Å². The van der Waals surface area contributed by atoms with Crippen molar-refractivity contribution in [3.8, 4) is 0 Å². The average molecular weight is 245 g/mol. The molecule has 2 aliphatic heterocycles. The predicted octanol–water partition coefficient (Wildman–Crippen LogP) is 1.74. The van der Waals surface area contributed by atoms with Crippen LogP contribution in [0.2, 0.25) is 0 Å². The normalized spacial score (nSPS) is 18.4. The van der Waals surface area contributed by atoms with E-state index in [9.17, 15) is 4.79 Å². The molecule has 1 amide bonds. The molecule has 2 heterocycles. The van der Waals surface area contributed by atoms with Crippen LogP contribution in [0.25, 0.3) is 5.70 Å². The zero-order chi connectivity index (χ0) is 11.8. The number of amidine groups is 1. The molecule has 0 aromatic heterocycles. The molecule has 4 nitrogen and oxygen atoms in total. The highest BCUT2D eigenvalue weighted by Crippen LogP contribution is 2.25. The largest absolute Gasteiger partial charge is 0.274 e. The van der Waals surface area contributed by atoms with Crippen molar-refractivity contribution in [2.45, 2.75) is 6.92 Å². The van der Waals surface area contributed by atoms with Crippen molar-refractivity contribution >= 4 is 28.5 Å². The number of rotatable bonds is 1. The molecule has 1 fully saturated rings. The second-order valence-electron chi connectivity index (χ2n) is 3.97. The Morgan fingerprint density at radius 1 is 1.35 bits per heavy atom. The molecule has 0 bridgehead atoms. The summed E-state index contributed by atoms with van der Waals surface area (Å²) in [5.74, 6) is 0.554. The summed E-state index contributed by atoms with van der Waals surface area (Å²) in [5.41, 5.74) is 6.07. The topological polar surface area (TPSA) is 44.7 Å². The number of thioether (sulfide) groups is 1. The highest BCUT2D eigenvalue weighted by Gasteiger charge is 2.29. The second-order valence-corrected chi connectivity index (χ2v) is 4.91. The van der Waals surface area contributed by atoms with E-state index in [4.69, 9.17) is 0 Å². The van der Waals surface area contributed by atoms with Crippen LogP contribution in [0.5, 0.6) is 0 Å². The molecule has 1 aromatic carbocycles.